The number of alkyl halides is 3. The van der Waals surface area contributed by atoms with Crippen molar-refractivity contribution in [3.63, 3.8) is 0 Å². The average molecular weight is 495 g/mol. The fourth-order valence-corrected chi connectivity index (χ4v) is 4.01. The first-order valence-electron chi connectivity index (χ1n) is 11.5. The molecule has 9 nitrogen and oxygen atoms in total. The molecule has 12 heteroatoms. The first-order chi connectivity index (χ1) is 16.2. The minimum Gasteiger partial charge on any atom is -0.350 e. The van der Waals surface area contributed by atoms with Gasteiger partial charge in [0.2, 0.25) is 17.8 Å². The highest BCUT2D eigenvalue weighted by molar-refractivity contribution is 5.64. The fraction of sp³-hybridized carbons (Fsp3) is 0.609. The Hall–Kier alpha value is -3.02. The van der Waals surface area contributed by atoms with Gasteiger partial charge < -0.3 is 15.5 Å². The van der Waals surface area contributed by atoms with Crippen LogP contribution in [0.5, 0.6) is 0 Å². The van der Waals surface area contributed by atoms with Crippen molar-refractivity contribution in [2.75, 3.05) is 42.2 Å². The lowest BCUT2D eigenvalue weighted by atomic mass is 9.96. The van der Waals surface area contributed by atoms with E-state index in [1.165, 1.54) is 11.8 Å². The largest absolute Gasteiger partial charge is 0.403 e. The lowest BCUT2D eigenvalue weighted by molar-refractivity contribution is -0.175. The molecule has 0 aliphatic carbocycles. The lowest BCUT2D eigenvalue weighted by Crippen LogP contribution is -2.43. The molecule has 2 aromatic rings. The molecule has 1 saturated heterocycles. The van der Waals surface area contributed by atoms with Gasteiger partial charge in [-0.25, -0.2) is 0 Å². The zero-order chi connectivity index (χ0) is 26.0. The van der Waals surface area contributed by atoms with Gasteiger partial charge in [0, 0.05) is 38.4 Å². The van der Waals surface area contributed by atoms with Gasteiger partial charge in [0.1, 0.15) is 11.7 Å². The first-order valence-corrected chi connectivity index (χ1v) is 11.5. The summed E-state index contributed by atoms with van der Waals surface area (Å²) in [6.45, 7) is 10.6. The van der Waals surface area contributed by atoms with Crippen LogP contribution in [0.3, 0.4) is 0 Å². The van der Waals surface area contributed by atoms with Crippen molar-refractivity contribution >= 4 is 29.2 Å². The molecule has 1 unspecified atom stereocenters. The third-order valence-corrected chi connectivity index (χ3v) is 5.82. The molecule has 0 saturated carbocycles. The summed E-state index contributed by atoms with van der Waals surface area (Å²) < 4.78 is 39.4. The summed E-state index contributed by atoms with van der Waals surface area (Å²) in [5.41, 5.74) is 1.72. The Kier molecular flexibility index (Phi) is 7.83. The molecule has 0 bridgehead atoms. The minimum atomic E-state index is -4.27. The maximum atomic E-state index is 13.1. The van der Waals surface area contributed by atoms with Crippen molar-refractivity contribution in [1.29, 1.82) is 0 Å². The molecule has 2 heterocycles. The van der Waals surface area contributed by atoms with E-state index in [1.807, 2.05) is 18.9 Å². The van der Waals surface area contributed by atoms with Gasteiger partial charge in [0.15, 0.2) is 0 Å². The molecule has 35 heavy (non-hydrogen) atoms. The summed E-state index contributed by atoms with van der Waals surface area (Å²) in [6.07, 6.45) is -3.74. The highest BCUT2D eigenvalue weighted by Gasteiger charge is 2.42. The molecule has 1 aromatic carbocycles. The van der Waals surface area contributed by atoms with Crippen LogP contribution in [0.1, 0.15) is 39.7 Å². The Labute approximate surface area is 203 Å². The van der Waals surface area contributed by atoms with Gasteiger partial charge in [-0.3, -0.25) is 4.90 Å². The fourth-order valence-electron chi connectivity index (χ4n) is 4.01. The summed E-state index contributed by atoms with van der Waals surface area (Å²) in [4.78, 5) is 27.8. The number of likely N-dealkylation sites (tertiary alicyclic amines) is 1. The van der Waals surface area contributed by atoms with E-state index in [2.05, 4.69) is 51.5 Å². The molecule has 3 rings (SSSR count). The molecule has 2 N–H and O–H groups in total. The van der Waals surface area contributed by atoms with E-state index >= 15 is 0 Å². The number of nitroso groups, excluding NO2 is 1. The second-order valence-electron chi connectivity index (χ2n) is 10.3. The second-order valence-corrected chi connectivity index (χ2v) is 10.3. The van der Waals surface area contributed by atoms with Crippen molar-refractivity contribution in [2.45, 2.75) is 59.3 Å². The van der Waals surface area contributed by atoms with E-state index in [0.717, 1.165) is 5.56 Å². The highest BCUT2D eigenvalue weighted by atomic mass is 19.4. The lowest BCUT2D eigenvalue weighted by Gasteiger charge is -2.27. The van der Waals surface area contributed by atoms with E-state index in [9.17, 15) is 18.1 Å². The maximum absolute atomic E-state index is 13.1. The SMILES string of the molecule is Cc1ccc(N=O)cc1Nc1nc(N[C@H]2CCN(C(C)C(F)(F)F)C2)nc(N(C)CC(C)(C)C)n1. The molecule has 0 radical (unpaired) electrons. The molecule has 192 valence electrons. The Bertz CT molecular complexity index is 1040. The zero-order valence-electron chi connectivity index (χ0n) is 20.9. The van der Waals surface area contributed by atoms with Gasteiger partial charge in [-0.05, 0) is 48.6 Å². The van der Waals surface area contributed by atoms with Crippen molar-refractivity contribution in [3.05, 3.63) is 28.7 Å². The predicted molar refractivity (Wildman–Crippen MR) is 132 cm³/mol. The van der Waals surface area contributed by atoms with Crippen LogP contribution in [0.15, 0.2) is 23.4 Å². The van der Waals surface area contributed by atoms with Crippen molar-refractivity contribution < 1.29 is 13.2 Å². The van der Waals surface area contributed by atoms with Crippen molar-refractivity contribution in [3.8, 4) is 0 Å². The topological polar surface area (TPSA) is 98.6 Å². The highest BCUT2D eigenvalue weighted by Crippen LogP contribution is 2.29. The molecule has 1 aliphatic rings. The van der Waals surface area contributed by atoms with Crippen LogP contribution in [-0.2, 0) is 0 Å². The number of rotatable bonds is 8. The van der Waals surface area contributed by atoms with Gasteiger partial charge in [0.05, 0.1) is 0 Å². The van der Waals surface area contributed by atoms with Gasteiger partial charge in [-0.1, -0.05) is 26.8 Å². The molecule has 2 atom stereocenters. The van der Waals surface area contributed by atoms with E-state index in [1.54, 1.807) is 18.2 Å². The van der Waals surface area contributed by atoms with E-state index in [4.69, 9.17) is 0 Å². The first kappa shape index (κ1) is 26.6. The number of aromatic nitrogens is 3. The second kappa shape index (κ2) is 10.3. The molecule has 0 spiro atoms. The summed E-state index contributed by atoms with van der Waals surface area (Å²) in [7, 11) is 1.87. The van der Waals surface area contributed by atoms with Crippen LogP contribution in [-0.4, -0.2) is 64.8 Å². The van der Waals surface area contributed by atoms with Crippen LogP contribution in [0, 0.1) is 17.2 Å². The van der Waals surface area contributed by atoms with Gasteiger partial charge in [-0.2, -0.15) is 28.1 Å². The number of anilines is 4. The van der Waals surface area contributed by atoms with Gasteiger partial charge in [-0.15, -0.1) is 4.91 Å². The molecule has 1 aliphatic heterocycles. The van der Waals surface area contributed by atoms with Crippen LogP contribution < -0.4 is 15.5 Å². The Morgan fingerprint density at radius 2 is 1.89 bits per heavy atom. The number of hydrogen-bond acceptors (Lipinski definition) is 9. The van der Waals surface area contributed by atoms with E-state index in [0.29, 0.717) is 31.1 Å². The molecule has 1 fully saturated rings. The van der Waals surface area contributed by atoms with Gasteiger partial charge >= 0.3 is 6.18 Å². The third-order valence-electron chi connectivity index (χ3n) is 5.82. The molecule has 1 aromatic heterocycles. The molecular formula is C23H33F3N8O. The average Bonchev–Trinajstić information content (AvgIpc) is 3.21. The van der Waals surface area contributed by atoms with Crippen LogP contribution in [0.25, 0.3) is 0 Å². The van der Waals surface area contributed by atoms with Crippen LogP contribution in [0.4, 0.5) is 42.4 Å². The Morgan fingerprint density at radius 1 is 1.20 bits per heavy atom. The number of halogens is 3. The van der Waals surface area contributed by atoms with Gasteiger partial charge in [0.25, 0.3) is 0 Å². The van der Waals surface area contributed by atoms with Crippen LogP contribution >= 0.6 is 0 Å². The minimum absolute atomic E-state index is 0.0250. The number of aryl methyl sites for hydroxylation is 1. The predicted octanol–water partition coefficient (Wildman–Crippen LogP) is 5.24. The molecule has 0 amide bonds. The standard InChI is InChI=1S/C23H33F3N8O/c1-14-7-8-16(32-35)11-18(14)28-20-29-19(30-21(31-20)33(6)13-22(3,4)5)27-17-9-10-34(12-17)15(2)23(24,25)26/h7-8,11,15,17H,9-10,12-13H2,1-6H3,(H2,27,28,29,30,31)/t15?,17-/m0/s1. The number of benzene rings is 1. The van der Waals surface area contributed by atoms with Crippen LogP contribution in [0.2, 0.25) is 0 Å². The third kappa shape index (κ3) is 7.23. The Balaban J connectivity index is 1.86. The quantitative estimate of drug-likeness (QED) is 0.481. The summed E-state index contributed by atoms with van der Waals surface area (Å²) >= 11 is 0. The number of nitrogens with zero attached hydrogens (tertiary/aromatic N) is 6. The zero-order valence-corrected chi connectivity index (χ0v) is 20.9. The number of nitrogens with one attached hydrogen (secondary N) is 2. The molecular weight excluding hydrogens is 461 g/mol. The van der Waals surface area contributed by atoms with Crippen molar-refractivity contribution in [2.24, 2.45) is 10.6 Å². The Morgan fingerprint density at radius 3 is 2.51 bits per heavy atom. The monoisotopic (exact) mass is 494 g/mol. The summed E-state index contributed by atoms with van der Waals surface area (Å²) in [5, 5.41) is 9.30. The van der Waals surface area contributed by atoms with Crippen molar-refractivity contribution in [1.82, 2.24) is 19.9 Å². The number of hydrogen-bond donors (Lipinski definition) is 2. The van der Waals surface area contributed by atoms with E-state index < -0.39 is 12.2 Å². The summed E-state index contributed by atoms with van der Waals surface area (Å²) in [5.74, 6) is 0.941. The normalized spacial score (nSPS) is 17.8. The smallest absolute Gasteiger partial charge is 0.350 e. The van der Waals surface area contributed by atoms with E-state index in [-0.39, 0.29) is 35.6 Å². The maximum Gasteiger partial charge on any atom is 0.403 e. The summed E-state index contributed by atoms with van der Waals surface area (Å²) in [6, 6.07) is 3.23.